The molecule has 1 fully saturated rings. The number of ether oxygens (including phenoxy) is 3. The van der Waals surface area contributed by atoms with Crippen LogP contribution in [0.25, 0.3) is 0 Å². The van der Waals surface area contributed by atoms with Crippen molar-refractivity contribution < 1.29 is 23.8 Å². The molecular weight excluding hydrogens is 420 g/mol. The normalized spacial score (nSPS) is 17.5. The second-order valence-electron chi connectivity index (χ2n) is 8.89. The zero-order valence-electron chi connectivity index (χ0n) is 19.6. The number of hydrogen-bond donors (Lipinski definition) is 1. The highest BCUT2D eigenvalue weighted by Crippen LogP contribution is 2.40. The Morgan fingerprint density at radius 3 is 2.61 bits per heavy atom. The fourth-order valence-electron chi connectivity index (χ4n) is 4.89. The molecule has 1 atom stereocenters. The summed E-state index contributed by atoms with van der Waals surface area (Å²) in [7, 11) is 5.12. The van der Waals surface area contributed by atoms with E-state index in [9.17, 15) is 9.59 Å². The molecule has 33 heavy (non-hydrogen) atoms. The van der Waals surface area contributed by atoms with Crippen LogP contribution >= 0.6 is 0 Å². The highest BCUT2D eigenvalue weighted by molar-refractivity contribution is 5.85. The minimum atomic E-state index is -0.382. The molecule has 1 aliphatic carbocycles. The molecule has 7 heteroatoms. The molecule has 0 aromatic heterocycles. The summed E-state index contributed by atoms with van der Waals surface area (Å²) in [6, 6.07) is 11.9. The Hall–Kier alpha value is -3.22. The van der Waals surface area contributed by atoms with Gasteiger partial charge in [-0.2, -0.15) is 0 Å². The largest absolute Gasteiger partial charge is 0.496 e. The minimum absolute atomic E-state index is 0.0351. The molecule has 0 bridgehead atoms. The van der Waals surface area contributed by atoms with Crippen molar-refractivity contribution in [2.24, 2.45) is 0 Å². The third kappa shape index (κ3) is 5.41. The summed E-state index contributed by atoms with van der Waals surface area (Å²) >= 11 is 0. The van der Waals surface area contributed by atoms with Gasteiger partial charge < -0.3 is 19.1 Å². The van der Waals surface area contributed by atoms with Gasteiger partial charge in [-0.15, -0.1) is 0 Å². The number of hydrogen-bond acceptors (Lipinski definition) is 6. The molecule has 1 unspecified atom stereocenters. The number of fused-ring (bicyclic) bond motifs is 1. The first-order chi connectivity index (χ1) is 16.0. The average molecular weight is 453 g/mol. The molecule has 2 aromatic carbocycles. The lowest BCUT2D eigenvalue weighted by atomic mass is 9.92. The third-order valence-electron chi connectivity index (χ3n) is 6.59. The molecule has 2 aromatic rings. The number of benzene rings is 2. The predicted molar refractivity (Wildman–Crippen MR) is 127 cm³/mol. The van der Waals surface area contributed by atoms with Gasteiger partial charge in [-0.3, -0.25) is 10.1 Å². The van der Waals surface area contributed by atoms with Crippen molar-refractivity contribution in [3.63, 3.8) is 0 Å². The number of likely N-dealkylation sites (N-methyl/N-ethyl adjacent to an activating group) is 1. The van der Waals surface area contributed by atoms with Crippen molar-refractivity contribution in [1.29, 1.82) is 0 Å². The number of esters is 1. The monoisotopic (exact) mass is 452 g/mol. The van der Waals surface area contributed by atoms with Crippen molar-refractivity contribution in [2.75, 3.05) is 38.0 Å². The third-order valence-corrected chi connectivity index (χ3v) is 6.59. The topological polar surface area (TPSA) is 77.1 Å². The fourth-order valence-corrected chi connectivity index (χ4v) is 4.89. The summed E-state index contributed by atoms with van der Waals surface area (Å²) in [5.41, 5.74) is 5.04. The Kier molecular flexibility index (Phi) is 7.06. The number of nitrogens with zero attached hydrogens (tertiary/aromatic N) is 1. The summed E-state index contributed by atoms with van der Waals surface area (Å²) in [5, 5.41) is 2.90. The molecule has 4 rings (SSSR count). The van der Waals surface area contributed by atoms with Gasteiger partial charge in [0.2, 0.25) is 0 Å². The van der Waals surface area contributed by atoms with Crippen LogP contribution in [0.15, 0.2) is 36.4 Å². The molecule has 7 nitrogen and oxygen atoms in total. The Morgan fingerprint density at radius 2 is 1.88 bits per heavy atom. The van der Waals surface area contributed by atoms with Gasteiger partial charge in [-0.25, -0.2) is 4.79 Å². The number of rotatable bonds is 7. The molecule has 176 valence electrons. The van der Waals surface area contributed by atoms with Gasteiger partial charge >= 0.3 is 12.1 Å². The van der Waals surface area contributed by atoms with Gasteiger partial charge in [-0.05, 0) is 73.1 Å². The Bertz CT molecular complexity index is 1020. The van der Waals surface area contributed by atoms with E-state index in [1.54, 1.807) is 7.11 Å². The number of carbonyl (C=O) groups is 2. The van der Waals surface area contributed by atoms with E-state index in [2.05, 4.69) is 29.4 Å². The summed E-state index contributed by atoms with van der Waals surface area (Å²) in [5.74, 6) is 0.738. The first-order valence-electron chi connectivity index (χ1n) is 11.5. The van der Waals surface area contributed by atoms with Crippen molar-refractivity contribution in [3.05, 3.63) is 53.1 Å². The maximum absolute atomic E-state index is 12.3. The van der Waals surface area contributed by atoms with E-state index in [0.717, 1.165) is 66.9 Å². The van der Waals surface area contributed by atoms with Crippen LogP contribution in [0.4, 0.5) is 16.2 Å². The molecule has 0 radical (unpaired) electrons. The quantitative estimate of drug-likeness (QED) is 0.615. The van der Waals surface area contributed by atoms with Crippen LogP contribution in [0.1, 0.15) is 48.3 Å². The molecule has 0 saturated heterocycles. The summed E-state index contributed by atoms with van der Waals surface area (Å²) in [6.45, 7) is 0.873. The number of carbonyl (C=O) groups excluding carboxylic acids is 2. The molecule has 2 aliphatic rings. The van der Waals surface area contributed by atoms with Crippen LogP contribution in [0.5, 0.6) is 5.75 Å². The van der Waals surface area contributed by atoms with Crippen molar-refractivity contribution in [1.82, 2.24) is 0 Å². The molecule has 1 heterocycles. The van der Waals surface area contributed by atoms with Crippen molar-refractivity contribution in [3.8, 4) is 5.75 Å². The fraction of sp³-hybridized carbons (Fsp3) is 0.462. The molecule has 0 spiro atoms. The molecule has 1 aliphatic heterocycles. The Balaban J connectivity index is 1.48. The zero-order valence-corrected chi connectivity index (χ0v) is 19.6. The van der Waals surface area contributed by atoms with Crippen LogP contribution in [0.2, 0.25) is 0 Å². The molecule has 1 saturated carbocycles. The molecular formula is C26H32N2O5. The Morgan fingerprint density at radius 1 is 1.09 bits per heavy atom. The van der Waals surface area contributed by atoms with Gasteiger partial charge in [-0.1, -0.05) is 12.1 Å². The van der Waals surface area contributed by atoms with E-state index >= 15 is 0 Å². The standard InChI is InChI=1S/C26H32N2O5/c1-28-16-19(14-18-9-8-17(12-24(18)31-2)13-25(29)32-3)22-15-20(10-11-23(22)28)27-26(30)33-21-6-4-5-7-21/h8-12,15,19,21H,4-7,13-14,16H2,1-3H3,(H,27,30). The number of amides is 1. The number of anilines is 2. The van der Waals surface area contributed by atoms with Crippen LogP contribution in [0.3, 0.4) is 0 Å². The smallest absolute Gasteiger partial charge is 0.411 e. The molecule has 1 amide bonds. The van der Waals surface area contributed by atoms with Gasteiger partial charge in [0, 0.05) is 30.9 Å². The zero-order chi connectivity index (χ0) is 23.4. The van der Waals surface area contributed by atoms with E-state index in [0.29, 0.717) is 0 Å². The minimum Gasteiger partial charge on any atom is -0.496 e. The summed E-state index contributed by atoms with van der Waals surface area (Å²) in [4.78, 5) is 26.2. The second-order valence-corrected chi connectivity index (χ2v) is 8.89. The van der Waals surface area contributed by atoms with E-state index in [-0.39, 0.29) is 30.5 Å². The highest BCUT2D eigenvalue weighted by Gasteiger charge is 2.28. The van der Waals surface area contributed by atoms with E-state index in [1.807, 2.05) is 24.3 Å². The van der Waals surface area contributed by atoms with Crippen LogP contribution < -0.4 is 15.0 Å². The van der Waals surface area contributed by atoms with Crippen molar-refractivity contribution in [2.45, 2.75) is 50.5 Å². The van der Waals surface area contributed by atoms with Crippen LogP contribution in [-0.4, -0.2) is 46.0 Å². The van der Waals surface area contributed by atoms with E-state index in [4.69, 9.17) is 14.2 Å². The van der Waals surface area contributed by atoms with Crippen molar-refractivity contribution >= 4 is 23.4 Å². The number of nitrogens with one attached hydrogen (secondary N) is 1. The average Bonchev–Trinajstić information content (AvgIpc) is 3.42. The van der Waals surface area contributed by atoms with E-state index < -0.39 is 0 Å². The lowest BCUT2D eigenvalue weighted by Gasteiger charge is -2.16. The first-order valence-corrected chi connectivity index (χ1v) is 11.5. The maximum atomic E-state index is 12.3. The van der Waals surface area contributed by atoms with Gasteiger partial charge in [0.05, 0.1) is 20.6 Å². The first kappa shape index (κ1) is 23.0. The number of methoxy groups -OCH3 is 2. The lowest BCUT2D eigenvalue weighted by Crippen LogP contribution is -2.20. The van der Waals surface area contributed by atoms with Gasteiger partial charge in [0.25, 0.3) is 0 Å². The van der Waals surface area contributed by atoms with Gasteiger partial charge in [0.1, 0.15) is 11.9 Å². The van der Waals surface area contributed by atoms with Crippen LogP contribution in [0, 0.1) is 0 Å². The van der Waals surface area contributed by atoms with E-state index in [1.165, 1.54) is 12.7 Å². The van der Waals surface area contributed by atoms with Gasteiger partial charge in [0.15, 0.2) is 0 Å². The molecule has 1 N–H and O–H groups in total. The second kappa shape index (κ2) is 10.1. The van der Waals surface area contributed by atoms with Crippen LogP contribution in [-0.2, 0) is 27.1 Å². The summed E-state index contributed by atoms with van der Waals surface area (Å²) < 4.78 is 15.9. The Labute approximate surface area is 195 Å². The predicted octanol–water partition coefficient (Wildman–Crippen LogP) is 4.68. The maximum Gasteiger partial charge on any atom is 0.411 e. The highest BCUT2D eigenvalue weighted by atomic mass is 16.6. The summed E-state index contributed by atoms with van der Waals surface area (Å²) in [6.07, 6.45) is 4.80. The lowest BCUT2D eigenvalue weighted by molar-refractivity contribution is -0.139. The SMILES string of the molecule is COC(=O)Cc1ccc(CC2CN(C)c3ccc(NC(=O)OC4CCCC4)cc32)c(OC)c1.